The zero-order valence-electron chi connectivity index (χ0n) is 18.3. The van der Waals surface area contributed by atoms with Crippen molar-refractivity contribution in [3.05, 3.63) is 78.1 Å². The van der Waals surface area contributed by atoms with Crippen LogP contribution < -0.4 is 16.0 Å². The molecule has 0 aliphatic rings. The average Bonchev–Trinajstić information content (AvgIpc) is 3.28. The van der Waals surface area contributed by atoms with Gasteiger partial charge in [-0.1, -0.05) is 35.9 Å². The molecule has 0 spiro atoms. The van der Waals surface area contributed by atoms with Gasteiger partial charge in [0.15, 0.2) is 0 Å². The number of nitrogens with one attached hydrogen (secondary N) is 3. The largest absolute Gasteiger partial charge is 0.349 e. The molecule has 0 fully saturated rings. The Balaban J connectivity index is 1.64. The molecule has 8 heteroatoms. The first-order valence-corrected chi connectivity index (χ1v) is 10.4. The third-order valence-electron chi connectivity index (χ3n) is 4.96. The van der Waals surface area contributed by atoms with Gasteiger partial charge in [0, 0.05) is 30.7 Å². The number of benzene rings is 2. The highest BCUT2D eigenvalue weighted by Gasteiger charge is 2.18. The molecule has 2 aromatic carbocycles. The van der Waals surface area contributed by atoms with Crippen LogP contribution in [-0.4, -0.2) is 27.5 Å². The third kappa shape index (κ3) is 6.28. The molecule has 0 aliphatic carbocycles. The summed E-state index contributed by atoms with van der Waals surface area (Å²) in [5.74, 6) is -0.681. The molecule has 0 bridgehead atoms. The molecule has 0 saturated carbocycles. The van der Waals surface area contributed by atoms with Crippen molar-refractivity contribution in [2.45, 2.75) is 39.3 Å². The Morgan fingerprint density at radius 2 is 1.69 bits per heavy atom. The van der Waals surface area contributed by atoms with Crippen LogP contribution in [0.1, 0.15) is 43.5 Å². The molecule has 3 aromatic rings. The van der Waals surface area contributed by atoms with Gasteiger partial charge in [0.1, 0.15) is 6.04 Å². The molecule has 0 saturated heterocycles. The number of carbonyl (C=O) groups is 3. The summed E-state index contributed by atoms with van der Waals surface area (Å²) in [6, 6.07) is 15.4. The lowest BCUT2D eigenvalue weighted by molar-refractivity contribution is -0.121. The topological polar surface area (TPSA) is 105 Å². The van der Waals surface area contributed by atoms with E-state index in [0.29, 0.717) is 11.4 Å². The number of hydrogen-bond donors (Lipinski definition) is 3. The van der Waals surface area contributed by atoms with E-state index in [9.17, 15) is 14.4 Å². The summed E-state index contributed by atoms with van der Waals surface area (Å²) in [5.41, 5.74) is 3.06. The Labute approximate surface area is 187 Å². The van der Waals surface area contributed by atoms with Crippen molar-refractivity contribution in [2.24, 2.45) is 0 Å². The van der Waals surface area contributed by atoms with E-state index in [1.165, 1.54) is 6.92 Å². The Bertz CT molecular complexity index is 1080. The minimum absolute atomic E-state index is 0.0789. The highest BCUT2D eigenvalue weighted by molar-refractivity contribution is 5.95. The monoisotopic (exact) mass is 433 g/mol. The second-order valence-electron chi connectivity index (χ2n) is 7.65. The molecular formula is C24H27N5O3. The summed E-state index contributed by atoms with van der Waals surface area (Å²) in [6.45, 7) is 5.15. The fourth-order valence-corrected chi connectivity index (χ4v) is 3.25. The molecule has 0 aliphatic heterocycles. The van der Waals surface area contributed by atoms with Crippen molar-refractivity contribution in [2.75, 3.05) is 10.6 Å². The van der Waals surface area contributed by atoms with Crippen molar-refractivity contribution in [3.63, 3.8) is 0 Å². The van der Waals surface area contributed by atoms with Crippen molar-refractivity contribution in [1.82, 2.24) is 15.1 Å². The summed E-state index contributed by atoms with van der Waals surface area (Å²) in [4.78, 5) is 36.8. The van der Waals surface area contributed by atoms with Gasteiger partial charge in [-0.05, 0) is 43.7 Å². The molecule has 1 aromatic heterocycles. The second-order valence-corrected chi connectivity index (χ2v) is 7.65. The minimum atomic E-state index is -0.476. The molecule has 32 heavy (non-hydrogen) atoms. The zero-order chi connectivity index (χ0) is 23.1. The number of aryl methyl sites for hydroxylation is 1. The van der Waals surface area contributed by atoms with Crippen LogP contribution in [-0.2, 0) is 14.4 Å². The lowest BCUT2D eigenvalue weighted by atomic mass is 10.0. The second kappa shape index (κ2) is 10.4. The van der Waals surface area contributed by atoms with Crippen LogP contribution in [0, 0.1) is 6.92 Å². The summed E-state index contributed by atoms with van der Waals surface area (Å²) in [7, 11) is 0. The fourth-order valence-electron chi connectivity index (χ4n) is 3.25. The minimum Gasteiger partial charge on any atom is -0.349 e. The maximum absolute atomic E-state index is 12.7. The SMILES string of the molecule is CC(=O)NC(CC(=O)Nc1cccc(NC(=O)C(C)n2cccn2)c1)c1ccc(C)cc1. The molecule has 166 valence electrons. The predicted molar refractivity (Wildman–Crippen MR) is 123 cm³/mol. The number of hydrogen-bond acceptors (Lipinski definition) is 4. The van der Waals surface area contributed by atoms with Gasteiger partial charge in [-0.15, -0.1) is 0 Å². The average molecular weight is 434 g/mol. The standard InChI is InChI=1S/C24H27N5O3/c1-16-8-10-19(11-9-16)22(26-18(3)30)15-23(31)27-20-6-4-7-21(14-20)28-24(32)17(2)29-13-5-12-25-29/h4-14,17,22H,15H2,1-3H3,(H,26,30)(H,27,31)(H,28,32). The lowest BCUT2D eigenvalue weighted by Gasteiger charge is -2.18. The van der Waals surface area contributed by atoms with Crippen molar-refractivity contribution >= 4 is 29.1 Å². The van der Waals surface area contributed by atoms with Gasteiger partial charge in [-0.25, -0.2) is 0 Å². The van der Waals surface area contributed by atoms with Gasteiger partial charge in [-0.3, -0.25) is 19.1 Å². The summed E-state index contributed by atoms with van der Waals surface area (Å²) < 4.78 is 1.56. The van der Waals surface area contributed by atoms with E-state index in [1.54, 1.807) is 54.3 Å². The van der Waals surface area contributed by atoms with Gasteiger partial charge in [0.2, 0.25) is 17.7 Å². The zero-order valence-corrected chi connectivity index (χ0v) is 18.3. The Morgan fingerprint density at radius 1 is 1.00 bits per heavy atom. The van der Waals surface area contributed by atoms with Crippen LogP contribution in [0.4, 0.5) is 11.4 Å². The number of amides is 3. The quantitative estimate of drug-likeness (QED) is 0.505. The van der Waals surface area contributed by atoms with Crippen LogP contribution in [0.15, 0.2) is 67.0 Å². The van der Waals surface area contributed by atoms with E-state index in [-0.39, 0.29) is 24.1 Å². The van der Waals surface area contributed by atoms with Crippen LogP contribution in [0.5, 0.6) is 0 Å². The fraction of sp³-hybridized carbons (Fsp3) is 0.250. The van der Waals surface area contributed by atoms with E-state index >= 15 is 0 Å². The van der Waals surface area contributed by atoms with Crippen LogP contribution in [0.25, 0.3) is 0 Å². The molecule has 0 radical (unpaired) electrons. The summed E-state index contributed by atoms with van der Waals surface area (Å²) in [6.07, 6.45) is 3.42. The molecule has 2 unspecified atom stereocenters. The normalized spacial score (nSPS) is 12.5. The Hall–Kier alpha value is -3.94. The van der Waals surface area contributed by atoms with E-state index < -0.39 is 12.1 Å². The first kappa shape index (κ1) is 22.7. The number of carbonyl (C=O) groups excluding carboxylic acids is 3. The third-order valence-corrected chi connectivity index (χ3v) is 4.96. The van der Waals surface area contributed by atoms with E-state index in [4.69, 9.17) is 0 Å². The summed E-state index contributed by atoms with van der Waals surface area (Å²) >= 11 is 0. The highest BCUT2D eigenvalue weighted by atomic mass is 16.2. The van der Waals surface area contributed by atoms with Gasteiger partial charge in [0.05, 0.1) is 12.5 Å². The number of aromatic nitrogens is 2. The molecule has 8 nitrogen and oxygen atoms in total. The maximum atomic E-state index is 12.7. The number of nitrogens with zero attached hydrogens (tertiary/aromatic N) is 2. The Morgan fingerprint density at radius 3 is 2.31 bits per heavy atom. The van der Waals surface area contributed by atoms with Crippen LogP contribution in [0.2, 0.25) is 0 Å². The number of anilines is 2. The van der Waals surface area contributed by atoms with Crippen LogP contribution in [0.3, 0.4) is 0 Å². The van der Waals surface area contributed by atoms with Gasteiger partial charge in [0.25, 0.3) is 0 Å². The van der Waals surface area contributed by atoms with Crippen molar-refractivity contribution in [3.8, 4) is 0 Å². The highest BCUT2D eigenvalue weighted by Crippen LogP contribution is 2.21. The lowest BCUT2D eigenvalue weighted by Crippen LogP contribution is -2.29. The molecule has 1 heterocycles. The first-order valence-electron chi connectivity index (χ1n) is 10.4. The van der Waals surface area contributed by atoms with Crippen molar-refractivity contribution < 1.29 is 14.4 Å². The van der Waals surface area contributed by atoms with E-state index in [0.717, 1.165) is 11.1 Å². The van der Waals surface area contributed by atoms with Gasteiger partial charge in [-0.2, -0.15) is 5.10 Å². The van der Waals surface area contributed by atoms with E-state index in [1.807, 2.05) is 31.2 Å². The van der Waals surface area contributed by atoms with Crippen molar-refractivity contribution in [1.29, 1.82) is 0 Å². The molecular weight excluding hydrogens is 406 g/mol. The predicted octanol–water partition coefficient (Wildman–Crippen LogP) is 3.60. The smallest absolute Gasteiger partial charge is 0.248 e. The molecule has 3 amide bonds. The number of rotatable bonds is 8. The van der Waals surface area contributed by atoms with Crippen LogP contribution >= 0.6 is 0 Å². The summed E-state index contributed by atoms with van der Waals surface area (Å²) in [5, 5.41) is 12.6. The molecule has 3 N–H and O–H groups in total. The van der Waals surface area contributed by atoms with E-state index in [2.05, 4.69) is 21.0 Å². The molecule has 3 rings (SSSR count). The molecule has 2 atom stereocenters. The maximum Gasteiger partial charge on any atom is 0.248 e. The Kier molecular flexibility index (Phi) is 7.38. The van der Waals surface area contributed by atoms with Gasteiger partial charge < -0.3 is 16.0 Å². The van der Waals surface area contributed by atoms with Gasteiger partial charge >= 0.3 is 0 Å². The first-order chi connectivity index (χ1) is 15.3.